The molecule has 2 rings (SSSR count). The third kappa shape index (κ3) is 3.95. The molecule has 21 heavy (non-hydrogen) atoms. The van der Waals surface area contributed by atoms with E-state index in [0.29, 0.717) is 25.2 Å². The molecule has 0 spiro atoms. The summed E-state index contributed by atoms with van der Waals surface area (Å²) < 4.78 is 51.3. The maximum Gasteiger partial charge on any atom is 0.419 e. The fourth-order valence-corrected chi connectivity index (χ4v) is 2.70. The molecule has 118 valence electrons. The molecular formula is C15H19F4NO. The van der Waals surface area contributed by atoms with Crippen LogP contribution in [-0.4, -0.2) is 28.7 Å². The molecule has 2 nitrogen and oxygen atoms in total. The molecule has 6 heteroatoms. The van der Waals surface area contributed by atoms with Crippen molar-refractivity contribution >= 4 is 0 Å². The lowest BCUT2D eigenvalue weighted by Crippen LogP contribution is -2.33. The number of hydrogen-bond acceptors (Lipinski definition) is 2. The Kier molecular flexibility index (Phi) is 4.31. The number of alkyl halides is 3. The van der Waals surface area contributed by atoms with E-state index in [1.807, 2.05) is 4.90 Å². The van der Waals surface area contributed by atoms with Crippen LogP contribution >= 0.6 is 0 Å². The molecule has 0 radical (unpaired) electrons. The van der Waals surface area contributed by atoms with Crippen LogP contribution in [0.5, 0.6) is 0 Å². The minimum atomic E-state index is -4.68. The second-order valence-electron chi connectivity index (χ2n) is 6.19. The average Bonchev–Trinajstić information content (AvgIpc) is 2.78. The second kappa shape index (κ2) is 5.57. The van der Waals surface area contributed by atoms with Crippen LogP contribution in [0.2, 0.25) is 0 Å². The van der Waals surface area contributed by atoms with E-state index >= 15 is 0 Å². The Morgan fingerprint density at radius 1 is 1.29 bits per heavy atom. The Labute approximate surface area is 121 Å². The molecule has 1 N–H and O–H groups in total. The SMILES string of the molecule is CC(C)(O)[C@H]1CCN(Cc2ccc(F)c(C(F)(F)F)c2)C1. The predicted molar refractivity (Wildman–Crippen MR) is 71.1 cm³/mol. The van der Waals surface area contributed by atoms with Gasteiger partial charge in [-0.1, -0.05) is 6.07 Å². The van der Waals surface area contributed by atoms with Gasteiger partial charge in [0, 0.05) is 19.0 Å². The highest BCUT2D eigenvalue weighted by molar-refractivity contribution is 5.27. The summed E-state index contributed by atoms with van der Waals surface area (Å²) in [5, 5.41) is 9.96. The van der Waals surface area contributed by atoms with E-state index in [0.717, 1.165) is 18.6 Å². The van der Waals surface area contributed by atoms with Crippen LogP contribution in [0.15, 0.2) is 18.2 Å². The first-order valence-corrected chi connectivity index (χ1v) is 6.87. The van der Waals surface area contributed by atoms with Gasteiger partial charge >= 0.3 is 6.18 Å². The van der Waals surface area contributed by atoms with E-state index in [4.69, 9.17) is 0 Å². The van der Waals surface area contributed by atoms with Gasteiger partial charge in [0.1, 0.15) is 5.82 Å². The Morgan fingerprint density at radius 3 is 2.48 bits per heavy atom. The van der Waals surface area contributed by atoms with Gasteiger partial charge in [0.2, 0.25) is 0 Å². The summed E-state index contributed by atoms with van der Waals surface area (Å²) in [5.74, 6) is -1.15. The molecule has 1 saturated heterocycles. The first-order chi connectivity index (χ1) is 9.57. The molecule has 0 amide bonds. The molecule has 1 aromatic carbocycles. The standard InChI is InChI=1S/C15H19F4NO/c1-14(2,21)11-5-6-20(9-11)8-10-3-4-13(16)12(7-10)15(17,18)19/h3-4,7,11,21H,5-6,8-9H2,1-2H3/t11-/m0/s1. The zero-order valence-electron chi connectivity index (χ0n) is 12.0. The van der Waals surface area contributed by atoms with E-state index in [2.05, 4.69) is 0 Å². The van der Waals surface area contributed by atoms with Crippen molar-refractivity contribution in [3.8, 4) is 0 Å². The fourth-order valence-electron chi connectivity index (χ4n) is 2.70. The lowest BCUT2D eigenvalue weighted by molar-refractivity contribution is -0.140. The minimum Gasteiger partial charge on any atom is -0.390 e. The van der Waals surface area contributed by atoms with Crippen LogP contribution in [0.3, 0.4) is 0 Å². The molecule has 1 aliphatic rings. The van der Waals surface area contributed by atoms with Gasteiger partial charge in [0.05, 0.1) is 11.2 Å². The quantitative estimate of drug-likeness (QED) is 0.865. The first-order valence-electron chi connectivity index (χ1n) is 6.87. The van der Waals surface area contributed by atoms with Crippen LogP contribution in [0.1, 0.15) is 31.4 Å². The summed E-state index contributed by atoms with van der Waals surface area (Å²) in [6.07, 6.45) is -3.88. The van der Waals surface area contributed by atoms with Crippen LogP contribution in [-0.2, 0) is 12.7 Å². The van der Waals surface area contributed by atoms with E-state index in [1.54, 1.807) is 13.8 Å². The van der Waals surface area contributed by atoms with Crippen molar-refractivity contribution in [2.45, 2.75) is 38.6 Å². The summed E-state index contributed by atoms with van der Waals surface area (Å²) in [4.78, 5) is 1.98. The summed E-state index contributed by atoms with van der Waals surface area (Å²) in [7, 11) is 0. The van der Waals surface area contributed by atoms with Crippen molar-refractivity contribution < 1.29 is 22.7 Å². The monoisotopic (exact) mass is 305 g/mol. The van der Waals surface area contributed by atoms with Gasteiger partial charge in [-0.3, -0.25) is 4.90 Å². The summed E-state index contributed by atoms with van der Waals surface area (Å²) in [5.41, 5.74) is -1.59. The third-order valence-electron chi connectivity index (χ3n) is 4.01. The van der Waals surface area contributed by atoms with Crippen molar-refractivity contribution in [1.29, 1.82) is 0 Å². The van der Waals surface area contributed by atoms with Crippen molar-refractivity contribution in [1.82, 2.24) is 4.90 Å². The van der Waals surface area contributed by atoms with E-state index in [1.165, 1.54) is 6.07 Å². The van der Waals surface area contributed by atoms with Crippen molar-refractivity contribution in [2.24, 2.45) is 5.92 Å². The molecule has 1 aromatic rings. The maximum absolute atomic E-state index is 13.2. The van der Waals surface area contributed by atoms with Crippen molar-refractivity contribution in [3.05, 3.63) is 35.1 Å². The Morgan fingerprint density at radius 2 is 1.95 bits per heavy atom. The first kappa shape index (κ1) is 16.2. The van der Waals surface area contributed by atoms with Crippen LogP contribution in [0.25, 0.3) is 0 Å². The number of aliphatic hydroxyl groups is 1. The predicted octanol–water partition coefficient (Wildman–Crippen LogP) is 3.44. The van der Waals surface area contributed by atoms with Crippen LogP contribution < -0.4 is 0 Å². The fraction of sp³-hybridized carbons (Fsp3) is 0.600. The van der Waals surface area contributed by atoms with Crippen LogP contribution in [0, 0.1) is 11.7 Å². The molecule has 0 aromatic heterocycles. The van der Waals surface area contributed by atoms with Gasteiger partial charge in [0.25, 0.3) is 0 Å². The summed E-state index contributed by atoms with van der Waals surface area (Å²) in [6.45, 7) is 5.15. The number of nitrogens with zero attached hydrogens (tertiary/aromatic N) is 1. The highest BCUT2D eigenvalue weighted by Gasteiger charge is 2.35. The minimum absolute atomic E-state index is 0.0973. The van der Waals surface area contributed by atoms with Gasteiger partial charge in [-0.25, -0.2) is 4.39 Å². The molecule has 0 saturated carbocycles. The van der Waals surface area contributed by atoms with Gasteiger partial charge in [-0.15, -0.1) is 0 Å². The Hall–Kier alpha value is -1.14. The molecule has 1 atom stereocenters. The smallest absolute Gasteiger partial charge is 0.390 e. The molecule has 0 bridgehead atoms. The Bertz CT molecular complexity index is 507. The average molecular weight is 305 g/mol. The molecular weight excluding hydrogens is 286 g/mol. The van der Waals surface area contributed by atoms with Gasteiger partial charge < -0.3 is 5.11 Å². The molecule has 0 aliphatic carbocycles. The van der Waals surface area contributed by atoms with Gasteiger partial charge in [-0.05, 0) is 44.5 Å². The summed E-state index contributed by atoms with van der Waals surface area (Å²) >= 11 is 0. The molecule has 1 heterocycles. The topological polar surface area (TPSA) is 23.5 Å². The summed E-state index contributed by atoms with van der Waals surface area (Å²) in [6, 6.07) is 3.11. The van der Waals surface area contributed by atoms with Crippen molar-refractivity contribution in [2.75, 3.05) is 13.1 Å². The van der Waals surface area contributed by atoms with Crippen molar-refractivity contribution in [3.63, 3.8) is 0 Å². The second-order valence-corrected chi connectivity index (χ2v) is 6.19. The number of hydrogen-bond donors (Lipinski definition) is 1. The highest BCUT2D eigenvalue weighted by atomic mass is 19.4. The zero-order valence-corrected chi connectivity index (χ0v) is 12.0. The van der Waals surface area contributed by atoms with E-state index < -0.39 is 23.2 Å². The molecule has 1 aliphatic heterocycles. The largest absolute Gasteiger partial charge is 0.419 e. The number of likely N-dealkylation sites (tertiary alicyclic amines) is 1. The number of halogens is 4. The Balaban J connectivity index is 2.08. The number of rotatable bonds is 3. The number of benzene rings is 1. The third-order valence-corrected chi connectivity index (χ3v) is 4.01. The molecule has 0 unspecified atom stereocenters. The molecule has 1 fully saturated rings. The van der Waals surface area contributed by atoms with Gasteiger partial charge in [-0.2, -0.15) is 13.2 Å². The van der Waals surface area contributed by atoms with Gasteiger partial charge in [0.15, 0.2) is 0 Å². The van der Waals surface area contributed by atoms with Crippen LogP contribution in [0.4, 0.5) is 17.6 Å². The lowest BCUT2D eigenvalue weighted by Gasteiger charge is -2.25. The normalized spacial score (nSPS) is 21.0. The zero-order chi connectivity index (χ0) is 15.8. The highest BCUT2D eigenvalue weighted by Crippen LogP contribution is 2.33. The maximum atomic E-state index is 13.2. The van der Waals surface area contributed by atoms with E-state index in [-0.39, 0.29) is 5.92 Å². The lowest BCUT2D eigenvalue weighted by atomic mass is 9.90. The van der Waals surface area contributed by atoms with E-state index in [9.17, 15) is 22.7 Å².